The largest absolute Gasteiger partial charge is 0.416 e. The number of likely N-dealkylation sites (tertiary alicyclic amines) is 1. The number of rotatable bonds is 2. The van der Waals surface area contributed by atoms with E-state index >= 15 is 0 Å². The molecule has 2 amide bonds. The highest BCUT2D eigenvalue weighted by Gasteiger charge is 2.42. The van der Waals surface area contributed by atoms with Crippen LogP contribution >= 0.6 is 0 Å². The Hall–Kier alpha value is -2.05. The zero-order valence-electron chi connectivity index (χ0n) is 14.2. The van der Waals surface area contributed by atoms with E-state index in [2.05, 4.69) is 0 Å². The van der Waals surface area contributed by atoms with E-state index in [9.17, 15) is 22.8 Å². The predicted octanol–water partition coefficient (Wildman–Crippen LogP) is 3.03. The molecule has 2 fully saturated rings. The van der Waals surface area contributed by atoms with Gasteiger partial charge in [-0.3, -0.25) is 9.59 Å². The Bertz CT molecular complexity index is 689. The molecule has 1 aliphatic carbocycles. The lowest BCUT2D eigenvalue weighted by atomic mass is 9.88. The average molecular weight is 354 g/mol. The van der Waals surface area contributed by atoms with Crippen LogP contribution in [0.25, 0.3) is 0 Å². The lowest BCUT2D eigenvalue weighted by molar-refractivity contribution is -0.137. The summed E-state index contributed by atoms with van der Waals surface area (Å²) in [6.07, 6.45) is -2.47. The highest BCUT2D eigenvalue weighted by atomic mass is 19.4. The van der Waals surface area contributed by atoms with E-state index < -0.39 is 17.6 Å². The Morgan fingerprint density at radius 2 is 1.92 bits per heavy atom. The number of carbonyl (C=O) groups is 2. The van der Waals surface area contributed by atoms with Gasteiger partial charge in [0.2, 0.25) is 5.91 Å². The molecule has 0 unspecified atom stereocenters. The molecule has 1 heterocycles. The monoisotopic (exact) mass is 354 g/mol. The second-order valence-electron chi connectivity index (χ2n) is 7.12. The van der Waals surface area contributed by atoms with Crippen LogP contribution in [-0.4, -0.2) is 48.3 Å². The number of hydrogen-bond acceptors (Lipinski definition) is 2. The summed E-state index contributed by atoms with van der Waals surface area (Å²) in [5.41, 5.74) is -0.778. The van der Waals surface area contributed by atoms with Crippen LogP contribution in [0.1, 0.15) is 35.2 Å². The van der Waals surface area contributed by atoms with Crippen molar-refractivity contribution in [2.75, 3.05) is 20.6 Å². The number of halogens is 3. The van der Waals surface area contributed by atoms with Crippen molar-refractivity contribution in [3.05, 3.63) is 35.4 Å². The van der Waals surface area contributed by atoms with Gasteiger partial charge < -0.3 is 9.80 Å². The molecule has 1 saturated heterocycles. The summed E-state index contributed by atoms with van der Waals surface area (Å²) in [6, 6.07) is 4.48. The highest BCUT2D eigenvalue weighted by molar-refractivity contribution is 5.94. The van der Waals surface area contributed by atoms with Gasteiger partial charge in [-0.05, 0) is 42.9 Å². The van der Waals surface area contributed by atoms with Gasteiger partial charge in [0, 0.05) is 38.7 Å². The Labute approximate surface area is 144 Å². The Morgan fingerprint density at radius 3 is 2.60 bits per heavy atom. The minimum absolute atomic E-state index is 0.0420. The molecule has 3 rings (SSSR count). The predicted molar refractivity (Wildman–Crippen MR) is 85.8 cm³/mol. The molecule has 7 heteroatoms. The van der Waals surface area contributed by atoms with E-state index in [-0.39, 0.29) is 23.4 Å². The van der Waals surface area contributed by atoms with Crippen molar-refractivity contribution in [3.63, 3.8) is 0 Å². The van der Waals surface area contributed by atoms with Crippen molar-refractivity contribution in [2.24, 2.45) is 11.8 Å². The molecule has 1 aromatic carbocycles. The van der Waals surface area contributed by atoms with Crippen molar-refractivity contribution < 1.29 is 22.8 Å². The van der Waals surface area contributed by atoms with E-state index in [4.69, 9.17) is 0 Å². The van der Waals surface area contributed by atoms with Crippen LogP contribution in [0.5, 0.6) is 0 Å². The van der Waals surface area contributed by atoms with Crippen molar-refractivity contribution in [3.8, 4) is 0 Å². The van der Waals surface area contributed by atoms with Crippen LogP contribution < -0.4 is 0 Å². The molecule has 0 spiro atoms. The van der Waals surface area contributed by atoms with E-state index in [0.717, 1.165) is 25.0 Å². The quantitative estimate of drug-likeness (QED) is 0.819. The van der Waals surface area contributed by atoms with E-state index in [0.29, 0.717) is 18.9 Å². The lowest BCUT2D eigenvalue weighted by Gasteiger charge is -2.31. The zero-order valence-corrected chi connectivity index (χ0v) is 14.2. The van der Waals surface area contributed by atoms with Gasteiger partial charge in [0.05, 0.1) is 5.56 Å². The first kappa shape index (κ1) is 17.8. The number of piperidine rings is 1. The van der Waals surface area contributed by atoms with Gasteiger partial charge in [0.1, 0.15) is 0 Å². The van der Waals surface area contributed by atoms with E-state index in [1.807, 2.05) is 0 Å². The molecule has 0 radical (unpaired) electrons. The fraction of sp³-hybridized carbons (Fsp3) is 0.556. The molecule has 25 heavy (non-hydrogen) atoms. The highest BCUT2D eigenvalue weighted by Crippen LogP contribution is 2.40. The summed E-state index contributed by atoms with van der Waals surface area (Å²) in [7, 11) is 3.42. The average Bonchev–Trinajstić information content (AvgIpc) is 2.96. The first-order chi connectivity index (χ1) is 11.7. The van der Waals surface area contributed by atoms with Gasteiger partial charge in [0.25, 0.3) is 5.91 Å². The molecule has 1 saturated carbocycles. The Balaban J connectivity index is 1.72. The van der Waals surface area contributed by atoms with Crippen molar-refractivity contribution in [1.82, 2.24) is 9.80 Å². The van der Waals surface area contributed by atoms with Crippen molar-refractivity contribution >= 4 is 11.8 Å². The first-order valence-electron chi connectivity index (χ1n) is 8.35. The molecule has 1 aromatic rings. The molecule has 136 valence electrons. The van der Waals surface area contributed by atoms with Gasteiger partial charge in [-0.1, -0.05) is 6.07 Å². The number of carbonyl (C=O) groups excluding carboxylic acids is 2. The van der Waals surface area contributed by atoms with Gasteiger partial charge in [0.15, 0.2) is 0 Å². The Morgan fingerprint density at radius 1 is 1.24 bits per heavy atom. The molecular formula is C18H21F3N2O2. The van der Waals surface area contributed by atoms with Gasteiger partial charge in [-0.2, -0.15) is 13.2 Å². The minimum atomic E-state index is -4.47. The van der Waals surface area contributed by atoms with Crippen LogP contribution in [-0.2, 0) is 11.0 Å². The van der Waals surface area contributed by atoms with Crippen LogP contribution in [0.15, 0.2) is 24.3 Å². The summed E-state index contributed by atoms with van der Waals surface area (Å²) in [5, 5.41) is 0. The topological polar surface area (TPSA) is 40.6 Å². The smallest absolute Gasteiger partial charge is 0.345 e. The second-order valence-corrected chi connectivity index (χ2v) is 7.12. The summed E-state index contributed by atoms with van der Waals surface area (Å²) >= 11 is 0. The molecule has 2 aliphatic rings. The van der Waals surface area contributed by atoms with Gasteiger partial charge in [-0.15, -0.1) is 0 Å². The maximum atomic E-state index is 12.8. The number of alkyl halides is 3. The molecule has 1 aliphatic heterocycles. The van der Waals surface area contributed by atoms with Crippen LogP contribution in [0.2, 0.25) is 0 Å². The number of amides is 2. The number of benzene rings is 1. The molecule has 4 nitrogen and oxygen atoms in total. The molecule has 0 aromatic heterocycles. The van der Waals surface area contributed by atoms with Crippen LogP contribution in [0.3, 0.4) is 0 Å². The third-order valence-corrected chi connectivity index (χ3v) is 5.49. The lowest BCUT2D eigenvalue weighted by Crippen LogP contribution is -2.39. The van der Waals surface area contributed by atoms with Crippen molar-refractivity contribution in [2.45, 2.75) is 31.5 Å². The number of hydrogen-bond donors (Lipinski definition) is 0. The van der Waals surface area contributed by atoms with Gasteiger partial charge >= 0.3 is 6.18 Å². The number of fused-ring (bicyclic) bond motifs is 1. The summed E-state index contributed by atoms with van der Waals surface area (Å²) in [6.45, 7) is 0.686. The zero-order chi connectivity index (χ0) is 18.4. The maximum absolute atomic E-state index is 12.8. The first-order valence-corrected chi connectivity index (χ1v) is 8.35. The second kappa shape index (κ2) is 6.35. The third-order valence-electron chi connectivity index (χ3n) is 5.49. The summed E-state index contributed by atoms with van der Waals surface area (Å²) < 4.78 is 38.5. The molecular weight excluding hydrogens is 333 g/mol. The maximum Gasteiger partial charge on any atom is 0.416 e. The fourth-order valence-electron chi connectivity index (χ4n) is 4.00. The summed E-state index contributed by atoms with van der Waals surface area (Å²) in [4.78, 5) is 27.7. The summed E-state index contributed by atoms with van der Waals surface area (Å²) in [5.74, 6) is 0.318. The van der Waals surface area contributed by atoms with Crippen LogP contribution in [0.4, 0.5) is 13.2 Å². The molecule has 3 atom stereocenters. The van der Waals surface area contributed by atoms with E-state index in [1.165, 1.54) is 17.0 Å². The van der Waals surface area contributed by atoms with Crippen LogP contribution in [0, 0.1) is 11.8 Å². The fourth-order valence-corrected chi connectivity index (χ4v) is 4.00. The van der Waals surface area contributed by atoms with Gasteiger partial charge in [-0.25, -0.2) is 0 Å². The normalized spacial score (nSPS) is 26.5. The number of nitrogens with zero attached hydrogens (tertiary/aromatic N) is 2. The third kappa shape index (κ3) is 3.50. The standard InChI is InChI=1S/C18H21F3N2O2/c1-22-10-13-8-15(7-12(13)9-16(22)24)23(2)17(25)11-4-3-5-14(6-11)18(19,20)21/h3-6,12-13,15H,7-10H2,1-2H3/t12-,13+,15-/m1/s1. The Kier molecular flexibility index (Phi) is 4.51. The molecule has 0 bridgehead atoms. The minimum Gasteiger partial charge on any atom is -0.345 e. The SMILES string of the molecule is CN1C[C@@H]2C[C@H](N(C)C(=O)c3cccc(C(F)(F)F)c3)C[C@@H]2CC1=O. The van der Waals surface area contributed by atoms with Crippen molar-refractivity contribution in [1.29, 1.82) is 0 Å². The molecule has 0 N–H and O–H groups in total. The van der Waals surface area contributed by atoms with E-state index in [1.54, 1.807) is 19.0 Å².